The molecular weight excluding hydrogens is 742 g/mol. The van der Waals surface area contributed by atoms with Gasteiger partial charge in [-0.25, -0.2) is 4.98 Å². The number of fused-ring (bicyclic) bond motifs is 3. The Labute approximate surface area is 249 Å². The van der Waals surface area contributed by atoms with Crippen LogP contribution in [0.5, 0.6) is 0 Å². The summed E-state index contributed by atoms with van der Waals surface area (Å²) in [7, 11) is 0. The maximum absolute atomic E-state index is 12.8. The minimum atomic E-state index is -1.79. The number of hydrogen-bond donors (Lipinski definition) is 0. The van der Waals surface area contributed by atoms with Gasteiger partial charge in [0, 0.05) is 32.0 Å². The SMILES string of the molecule is Cc1ccnc(-c2[c-]ccc3c2sc2nc(C)ccc23)c1.[CH3][Ge]([CH3])([CH3])[c]1ccc(-c2[c-]cc(F)cc2)nc1.[Ir]. The third-order valence-corrected chi connectivity index (χ3v) is 11.7. The molecule has 0 atom stereocenters. The summed E-state index contributed by atoms with van der Waals surface area (Å²) in [5.74, 6) is 6.73. The third kappa shape index (κ3) is 6.70. The van der Waals surface area contributed by atoms with Gasteiger partial charge >= 0.3 is 104 Å². The molecule has 6 aromatic rings. The van der Waals surface area contributed by atoms with Crippen LogP contribution in [-0.4, -0.2) is 28.2 Å². The molecule has 0 aliphatic carbocycles. The number of nitrogens with zero attached hydrogens (tertiary/aromatic N) is 3. The Morgan fingerprint density at radius 3 is 2.33 bits per heavy atom. The van der Waals surface area contributed by atoms with Crippen molar-refractivity contribution < 1.29 is 24.5 Å². The second kappa shape index (κ2) is 12.2. The number of benzene rings is 2. The van der Waals surface area contributed by atoms with Gasteiger partial charge in [-0.3, -0.25) is 0 Å². The Morgan fingerprint density at radius 2 is 1.67 bits per heavy atom. The zero-order chi connectivity index (χ0) is 26.9. The van der Waals surface area contributed by atoms with Crippen LogP contribution in [0, 0.1) is 31.8 Å². The fourth-order valence-electron chi connectivity index (χ4n) is 4.14. The molecule has 0 fully saturated rings. The molecule has 0 saturated heterocycles. The molecule has 0 bridgehead atoms. The fraction of sp³-hybridized carbons (Fsp3) is 0.156. The van der Waals surface area contributed by atoms with Gasteiger partial charge in [-0.05, 0) is 41.8 Å². The van der Waals surface area contributed by atoms with Gasteiger partial charge in [0.05, 0.1) is 0 Å². The maximum Gasteiger partial charge on any atom is 0 e. The predicted molar refractivity (Wildman–Crippen MR) is 160 cm³/mol. The number of hydrogen-bond acceptors (Lipinski definition) is 4. The molecule has 0 amide bonds. The number of pyridine rings is 3. The fourth-order valence-corrected chi connectivity index (χ4v) is 7.54. The van der Waals surface area contributed by atoms with Crippen LogP contribution in [0.2, 0.25) is 17.3 Å². The van der Waals surface area contributed by atoms with E-state index in [2.05, 4.69) is 81.6 Å². The van der Waals surface area contributed by atoms with Crippen molar-refractivity contribution in [3.63, 3.8) is 0 Å². The zero-order valence-electron chi connectivity index (χ0n) is 22.5. The van der Waals surface area contributed by atoms with E-state index in [0.29, 0.717) is 0 Å². The number of aromatic nitrogens is 3. The molecule has 0 saturated carbocycles. The molecule has 4 heterocycles. The van der Waals surface area contributed by atoms with Crippen molar-refractivity contribution in [1.29, 1.82) is 0 Å². The second-order valence-corrected chi connectivity index (χ2v) is 22.0. The Morgan fingerprint density at radius 1 is 0.846 bits per heavy atom. The molecule has 39 heavy (non-hydrogen) atoms. The molecule has 3 nitrogen and oxygen atoms in total. The molecule has 0 aliphatic heterocycles. The topological polar surface area (TPSA) is 38.7 Å². The maximum atomic E-state index is 12.8. The summed E-state index contributed by atoms with van der Waals surface area (Å²) in [4.78, 5) is 14.7. The van der Waals surface area contributed by atoms with E-state index in [9.17, 15) is 4.39 Å². The van der Waals surface area contributed by atoms with Gasteiger partial charge in [-0.15, -0.1) is 23.8 Å². The number of aryl methyl sites for hydroxylation is 2. The Hall–Kier alpha value is -2.77. The summed E-state index contributed by atoms with van der Waals surface area (Å²) >= 11 is -0.0660. The summed E-state index contributed by atoms with van der Waals surface area (Å²) < 4.78 is 15.4. The smallest absolute Gasteiger partial charge is 0 e. The van der Waals surface area contributed by atoms with Gasteiger partial charge in [0.25, 0.3) is 0 Å². The Kier molecular flexibility index (Phi) is 9.12. The zero-order valence-corrected chi connectivity index (χ0v) is 27.8. The molecule has 6 rings (SSSR count). The number of thiophene rings is 1. The van der Waals surface area contributed by atoms with Crippen LogP contribution in [0.4, 0.5) is 4.39 Å². The van der Waals surface area contributed by atoms with Crippen molar-refractivity contribution in [2.75, 3.05) is 0 Å². The van der Waals surface area contributed by atoms with Gasteiger partial charge in [0.15, 0.2) is 0 Å². The Balaban J connectivity index is 0.000000181. The van der Waals surface area contributed by atoms with Crippen molar-refractivity contribution >= 4 is 49.3 Å². The van der Waals surface area contributed by atoms with Crippen molar-refractivity contribution in [2.24, 2.45) is 0 Å². The van der Waals surface area contributed by atoms with Crippen LogP contribution in [0.3, 0.4) is 0 Å². The summed E-state index contributed by atoms with van der Waals surface area (Å²) in [6.07, 6.45) is 3.81. The van der Waals surface area contributed by atoms with Crippen LogP contribution in [0.1, 0.15) is 11.3 Å². The number of halogens is 1. The molecule has 0 spiro atoms. The molecule has 4 aromatic heterocycles. The van der Waals surface area contributed by atoms with Gasteiger partial charge in [-0.2, -0.15) is 11.3 Å². The first-order valence-corrected chi connectivity index (χ1v) is 20.6. The summed E-state index contributed by atoms with van der Waals surface area (Å²) in [5.41, 5.74) is 5.98. The number of rotatable bonds is 3. The molecule has 0 aliphatic rings. The molecule has 0 N–H and O–H groups in total. The van der Waals surface area contributed by atoms with Gasteiger partial charge < -0.3 is 4.98 Å². The monoisotopic (exact) mass is 772 g/mol. The molecular formula is C32H28FGeIrN3S-2. The van der Waals surface area contributed by atoms with Gasteiger partial charge in [0.1, 0.15) is 4.83 Å². The normalized spacial score (nSPS) is 11.1. The van der Waals surface area contributed by atoms with Crippen molar-refractivity contribution in [1.82, 2.24) is 15.0 Å². The van der Waals surface area contributed by atoms with Crippen molar-refractivity contribution in [3.05, 3.63) is 108 Å². The summed E-state index contributed by atoms with van der Waals surface area (Å²) in [6, 6.07) is 27.3. The Bertz CT molecular complexity index is 1730. The predicted octanol–water partition coefficient (Wildman–Crippen LogP) is 8.16. The van der Waals surface area contributed by atoms with E-state index in [1.165, 1.54) is 37.6 Å². The van der Waals surface area contributed by atoms with E-state index in [-0.39, 0.29) is 25.9 Å². The van der Waals surface area contributed by atoms with E-state index >= 15 is 0 Å². The largest absolute Gasteiger partial charge is 0 e. The van der Waals surface area contributed by atoms with E-state index < -0.39 is 13.3 Å². The molecule has 199 valence electrons. The van der Waals surface area contributed by atoms with Crippen LogP contribution >= 0.6 is 11.3 Å². The van der Waals surface area contributed by atoms with E-state index in [0.717, 1.165) is 33.0 Å². The molecule has 0 unspecified atom stereocenters. The minimum Gasteiger partial charge on any atom is 0 e. The summed E-state index contributed by atoms with van der Waals surface area (Å²) in [6.45, 7) is 4.11. The first kappa shape index (κ1) is 29.2. The first-order valence-electron chi connectivity index (χ1n) is 12.5. The third-order valence-electron chi connectivity index (χ3n) is 6.29. The summed E-state index contributed by atoms with van der Waals surface area (Å²) in [5, 5.41) is 2.45. The van der Waals surface area contributed by atoms with Crippen LogP contribution in [0.25, 0.3) is 42.8 Å². The van der Waals surface area contributed by atoms with Crippen LogP contribution in [-0.2, 0) is 20.1 Å². The van der Waals surface area contributed by atoms with E-state index in [4.69, 9.17) is 0 Å². The van der Waals surface area contributed by atoms with Crippen LogP contribution in [0.15, 0.2) is 79.1 Å². The second-order valence-electron chi connectivity index (χ2n) is 10.3. The molecule has 7 heteroatoms. The standard InChI is InChI=1S/C18H13N2S.C14H15FGeN.Ir/c1-11-8-9-19-16(10-11)15-5-3-4-13-14-7-6-12(2)20-18(14)21-17(13)15;1-16(2,3)13-8-9-14(17-10-13)11-4-6-12(15)7-5-11;/h3-4,6-10H,1-2H3;4,6-10H,1-3H3;/q2*-1;. The van der Waals surface area contributed by atoms with Crippen LogP contribution < -0.4 is 4.40 Å². The first-order chi connectivity index (χ1) is 18.2. The van der Waals surface area contributed by atoms with E-state index in [1.807, 2.05) is 37.5 Å². The average molecular weight is 770 g/mol. The van der Waals surface area contributed by atoms with Gasteiger partial charge in [-0.1, -0.05) is 23.1 Å². The molecule has 1 radical (unpaired) electrons. The average Bonchev–Trinajstić information content (AvgIpc) is 3.27. The quantitative estimate of drug-likeness (QED) is 0.135. The van der Waals surface area contributed by atoms with Gasteiger partial charge in [0.2, 0.25) is 0 Å². The molecule has 2 aromatic carbocycles. The minimum absolute atomic E-state index is 0. The van der Waals surface area contributed by atoms with E-state index in [1.54, 1.807) is 17.4 Å². The van der Waals surface area contributed by atoms with Crippen molar-refractivity contribution in [3.8, 4) is 22.5 Å². The van der Waals surface area contributed by atoms with Crippen molar-refractivity contribution in [2.45, 2.75) is 31.1 Å².